The molecule has 0 radical (unpaired) electrons. The molecule has 0 aliphatic rings. The summed E-state index contributed by atoms with van der Waals surface area (Å²) in [5, 5.41) is 6.80. The van der Waals surface area contributed by atoms with Crippen LogP contribution in [0.2, 0.25) is 0 Å². The van der Waals surface area contributed by atoms with E-state index in [9.17, 15) is 18.0 Å². The maximum absolute atomic E-state index is 12.7. The van der Waals surface area contributed by atoms with Crippen molar-refractivity contribution in [2.45, 2.75) is 19.3 Å². The first kappa shape index (κ1) is 19.5. The van der Waals surface area contributed by atoms with Crippen LogP contribution in [0.25, 0.3) is 5.84 Å². The van der Waals surface area contributed by atoms with E-state index in [0.717, 1.165) is 5.56 Å². The van der Waals surface area contributed by atoms with Crippen molar-refractivity contribution in [1.29, 1.82) is 0 Å². The summed E-state index contributed by atoms with van der Waals surface area (Å²) < 4.78 is 47.6. The summed E-state index contributed by atoms with van der Waals surface area (Å²) in [5.41, 5.74) is 2.10. The molecule has 0 unspecified atom stereocenters. The molecule has 1 N–H and O–H groups in total. The molecule has 0 spiro atoms. The molecule has 0 saturated heterocycles. The average molecular weight is 416 g/mol. The van der Waals surface area contributed by atoms with Crippen LogP contribution >= 0.6 is 0 Å². The summed E-state index contributed by atoms with van der Waals surface area (Å²) in [6.07, 6.45) is -3.02. The van der Waals surface area contributed by atoms with Crippen molar-refractivity contribution in [3.8, 4) is 5.75 Å². The van der Waals surface area contributed by atoms with Gasteiger partial charge in [-0.15, -0.1) is 13.2 Å². The number of nitrogens with zero attached hydrogens (tertiary/aromatic N) is 3. The molecule has 2 aromatic heterocycles. The van der Waals surface area contributed by atoms with Crippen LogP contribution in [0.5, 0.6) is 5.75 Å². The lowest BCUT2D eigenvalue weighted by molar-refractivity contribution is -0.274. The summed E-state index contributed by atoms with van der Waals surface area (Å²) in [5.74, 6) is -0.545. The minimum Gasteiger partial charge on any atom is -0.416 e. The lowest BCUT2D eigenvalue weighted by Gasteiger charge is -2.09. The number of aromatic nitrogens is 3. The van der Waals surface area contributed by atoms with Gasteiger partial charge in [-0.2, -0.15) is 14.6 Å². The van der Waals surface area contributed by atoms with Crippen LogP contribution in [0, 0.1) is 0 Å². The van der Waals surface area contributed by atoms with E-state index in [2.05, 4.69) is 20.1 Å². The number of carbonyl (C=O) groups is 1. The fourth-order valence-electron chi connectivity index (χ4n) is 2.93. The molecule has 4 rings (SSSR count). The highest BCUT2D eigenvalue weighted by molar-refractivity contribution is 5.93. The van der Waals surface area contributed by atoms with Gasteiger partial charge in [0.2, 0.25) is 5.76 Å². The molecule has 2 aromatic carbocycles. The number of ether oxygens (including phenoxy) is 1. The van der Waals surface area contributed by atoms with Crippen molar-refractivity contribution in [3.05, 3.63) is 83.5 Å². The normalized spacial score (nSPS) is 11.6. The predicted octanol–water partition coefficient (Wildman–Crippen LogP) is 3.74. The number of carbonyl (C=O) groups excluding carboxylic acids is 1. The van der Waals surface area contributed by atoms with Gasteiger partial charge in [-0.05, 0) is 23.3 Å². The highest BCUT2D eigenvalue weighted by Gasteiger charge is 2.31. The SMILES string of the molecule is O=C(NCc1ccc(OC(F)(F)F)cc1)c1oc2ncnn2c1Cc1ccccc1. The zero-order chi connectivity index (χ0) is 21.1. The number of fused-ring (bicyclic) bond motifs is 1. The molecule has 10 heteroatoms. The molecule has 0 fully saturated rings. The number of nitrogens with one attached hydrogen (secondary N) is 1. The van der Waals surface area contributed by atoms with Crippen LogP contribution in [-0.4, -0.2) is 26.9 Å². The first-order valence-electron chi connectivity index (χ1n) is 8.87. The summed E-state index contributed by atoms with van der Waals surface area (Å²) in [6, 6.07) is 14.7. The van der Waals surface area contributed by atoms with Gasteiger partial charge in [-0.25, -0.2) is 0 Å². The van der Waals surface area contributed by atoms with E-state index in [1.807, 2.05) is 30.3 Å². The van der Waals surface area contributed by atoms with Crippen LogP contribution in [0.3, 0.4) is 0 Å². The quantitative estimate of drug-likeness (QED) is 0.518. The van der Waals surface area contributed by atoms with Gasteiger partial charge in [0.1, 0.15) is 17.8 Å². The highest BCUT2D eigenvalue weighted by Crippen LogP contribution is 2.23. The van der Waals surface area contributed by atoms with Gasteiger partial charge in [0, 0.05) is 13.0 Å². The lowest BCUT2D eigenvalue weighted by atomic mass is 10.1. The Labute approximate surface area is 168 Å². The minimum atomic E-state index is -4.75. The van der Waals surface area contributed by atoms with Crippen LogP contribution in [-0.2, 0) is 13.0 Å². The van der Waals surface area contributed by atoms with Gasteiger partial charge < -0.3 is 14.5 Å². The van der Waals surface area contributed by atoms with Crippen LogP contribution in [0.15, 0.2) is 65.3 Å². The van der Waals surface area contributed by atoms with Gasteiger partial charge in [0.15, 0.2) is 0 Å². The fraction of sp³-hybridized carbons (Fsp3) is 0.150. The monoisotopic (exact) mass is 416 g/mol. The molecule has 0 saturated carbocycles. The third kappa shape index (κ3) is 4.43. The number of hydrogen-bond acceptors (Lipinski definition) is 5. The number of halogens is 3. The Morgan fingerprint density at radius 1 is 1.07 bits per heavy atom. The van der Waals surface area contributed by atoms with Gasteiger partial charge in [-0.3, -0.25) is 4.79 Å². The van der Waals surface area contributed by atoms with E-state index in [1.54, 1.807) is 0 Å². The molecule has 30 heavy (non-hydrogen) atoms. The van der Waals surface area contributed by atoms with E-state index in [-0.39, 0.29) is 23.9 Å². The molecule has 1 amide bonds. The van der Waals surface area contributed by atoms with Crippen molar-refractivity contribution in [3.63, 3.8) is 0 Å². The maximum atomic E-state index is 12.7. The summed E-state index contributed by atoms with van der Waals surface area (Å²) in [4.78, 5) is 16.7. The lowest BCUT2D eigenvalue weighted by Crippen LogP contribution is -2.24. The first-order chi connectivity index (χ1) is 14.4. The minimum absolute atomic E-state index is 0.0754. The Hall–Kier alpha value is -3.82. The van der Waals surface area contributed by atoms with Crippen molar-refractivity contribution in [2.24, 2.45) is 0 Å². The Morgan fingerprint density at radius 2 is 1.80 bits per heavy atom. The summed E-state index contributed by atoms with van der Waals surface area (Å²) in [7, 11) is 0. The van der Waals surface area contributed by atoms with Crippen molar-refractivity contribution >= 4 is 11.8 Å². The van der Waals surface area contributed by atoms with Gasteiger partial charge in [-0.1, -0.05) is 42.5 Å². The molecule has 2 heterocycles. The van der Waals surface area contributed by atoms with E-state index in [1.165, 1.54) is 35.1 Å². The molecule has 0 atom stereocenters. The number of benzene rings is 2. The second-order valence-corrected chi connectivity index (χ2v) is 6.37. The molecule has 154 valence electrons. The van der Waals surface area contributed by atoms with Gasteiger partial charge >= 0.3 is 12.2 Å². The number of amides is 1. The number of hydrogen-bond donors (Lipinski definition) is 1. The summed E-state index contributed by atoms with van der Waals surface area (Å²) in [6.45, 7) is 0.0896. The second kappa shape index (κ2) is 7.90. The molecule has 0 aliphatic heterocycles. The van der Waals surface area contributed by atoms with Gasteiger partial charge in [0.05, 0.1) is 0 Å². The first-order valence-corrected chi connectivity index (χ1v) is 8.87. The largest absolute Gasteiger partial charge is 0.573 e. The molecular weight excluding hydrogens is 401 g/mol. The Balaban J connectivity index is 1.48. The molecular formula is C20H15F3N4O3. The zero-order valence-electron chi connectivity index (χ0n) is 15.4. The predicted molar refractivity (Wildman–Crippen MR) is 98.8 cm³/mol. The Kier molecular flexibility index (Phi) is 5.13. The van der Waals surface area contributed by atoms with Gasteiger partial charge in [0.25, 0.3) is 5.91 Å². The Morgan fingerprint density at radius 3 is 2.50 bits per heavy atom. The fourth-order valence-corrected chi connectivity index (χ4v) is 2.93. The average Bonchev–Trinajstić information content (AvgIpc) is 3.30. The van der Waals surface area contributed by atoms with E-state index >= 15 is 0 Å². The van der Waals surface area contributed by atoms with Crippen LogP contribution in [0.4, 0.5) is 13.2 Å². The number of rotatable bonds is 6. The topological polar surface area (TPSA) is 81.7 Å². The van der Waals surface area contributed by atoms with Crippen molar-refractivity contribution in [2.75, 3.05) is 0 Å². The molecule has 4 aromatic rings. The standard InChI is InChI=1S/C20H15F3N4O3/c21-20(22,23)30-15-8-6-14(7-9-15)11-24-18(28)17-16(10-13-4-2-1-3-5-13)27-19(29-17)25-12-26-27/h1-9,12H,10-11H2,(H,24,28). The smallest absolute Gasteiger partial charge is 0.416 e. The van der Waals surface area contributed by atoms with E-state index in [4.69, 9.17) is 4.42 Å². The third-order valence-corrected chi connectivity index (χ3v) is 4.26. The molecule has 0 bridgehead atoms. The number of alkyl halides is 3. The maximum Gasteiger partial charge on any atom is 0.573 e. The highest BCUT2D eigenvalue weighted by atomic mass is 19.4. The zero-order valence-corrected chi connectivity index (χ0v) is 15.4. The third-order valence-electron chi connectivity index (χ3n) is 4.26. The summed E-state index contributed by atoms with van der Waals surface area (Å²) >= 11 is 0. The van der Waals surface area contributed by atoms with Crippen LogP contribution in [0.1, 0.15) is 27.4 Å². The molecule has 0 aliphatic carbocycles. The number of oxazole rings is 1. The van der Waals surface area contributed by atoms with Crippen molar-refractivity contribution in [1.82, 2.24) is 19.9 Å². The molecule has 7 nitrogen and oxygen atoms in total. The Bertz CT molecular complexity index is 1150. The van der Waals surface area contributed by atoms with Crippen LogP contribution < -0.4 is 10.1 Å². The van der Waals surface area contributed by atoms with Crippen molar-refractivity contribution < 1.29 is 27.1 Å². The second-order valence-electron chi connectivity index (χ2n) is 6.37. The van der Waals surface area contributed by atoms with E-state index in [0.29, 0.717) is 17.7 Å². The van der Waals surface area contributed by atoms with E-state index < -0.39 is 12.3 Å².